The molecule has 0 radical (unpaired) electrons. The van der Waals surface area contributed by atoms with Crippen LogP contribution in [0.1, 0.15) is 76.5 Å². The molecule has 0 spiro atoms. The number of carbonyl (C=O) groups excluding carboxylic acids is 3. The molecule has 0 bridgehead atoms. The van der Waals surface area contributed by atoms with Gasteiger partial charge in [-0.25, -0.2) is 0 Å². The minimum absolute atomic E-state index is 0.0109. The fraction of sp³-hybridized carbons (Fsp3) is 0.640. The lowest BCUT2D eigenvalue weighted by Gasteiger charge is -2.34. The number of nitrogens with zero attached hydrogens (tertiary/aromatic N) is 1. The second-order valence-electron chi connectivity index (χ2n) is 9.03. The third-order valence-electron chi connectivity index (χ3n) is 7.07. The van der Waals surface area contributed by atoms with Crippen LogP contribution in [-0.4, -0.2) is 53.8 Å². The summed E-state index contributed by atoms with van der Waals surface area (Å²) in [6.45, 7) is 5.69. The van der Waals surface area contributed by atoms with Crippen molar-refractivity contribution in [3.63, 3.8) is 0 Å². The largest absolute Gasteiger partial charge is 0.347 e. The van der Waals surface area contributed by atoms with E-state index in [0.717, 1.165) is 32.1 Å². The number of fused-ring (bicyclic) bond motifs is 1. The van der Waals surface area contributed by atoms with Crippen molar-refractivity contribution in [3.05, 3.63) is 35.4 Å². The third kappa shape index (κ3) is 5.14. The van der Waals surface area contributed by atoms with Crippen LogP contribution in [0.4, 0.5) is 0 Å². The smallest absolute Gasteiger partial charge is 0.246 e. The molecular weight excluding hydrogens is 404 g/mol. The highest BCUT2D eigenvalue weighted by molar-refractivity contribution is 5.93. The SMILES string of the molecule is CC[C@@H]1CC[C@@H](C(=O)N[C@@H]2CCCc3ccccc32)N1C(=O)[C@H](CC)NC(=O)C(C)NC. The fourth-order valence-corrected chi connectivity index (χ4v) is 4.99. The van der Waals surface area contributed by atoms with Gasteiger partial charge in [-0.2, -0.15) is 0 Å². The van der Waals surface area contributed by atoms with Crippen molar-refractivity contribution in [1.29, 1.82) is 0 Å². The van der Waals surface area contributed by atoms with Crippen molar-refractivity contribution in [2.24, 2.45) is 0 Å². The number of benzene rings is 1. The van der Waals surface area contributed by atoms with Crippen LogP contribution in [0.25, 0.3) is 0 Å². The zero-order valence-electron chi connectivity index (χ0n) is 19.8. The summed E-state index contributed by atoms with van der Waals surface area (Å²) in [6.07, 6.45) is 5.73. The van der Waals surface area contributed by atoms with E-state index in [1.54, 1.807) is 18.9 Å². The Kier molecular flexibility index (Phi) is 8.29. The highest BCUT2D eigenvalue weighted by Crippen LogP contribution is 2.32. The molecule has 3 rings (SSSR count). The first kappa shape index (κ1) is 24.2. The Labute approximate surface area is 191 Å². The first-order valence-corrected chi connectivity index (χ1v) is 12.1. The number of hydrogen-bond acceptors (Lipinski definition) is 4. The maximum atomic E-state index is 13.5. The molecule has 1 heterocycles. The molecule has 1 aromatic rings. The van der Waals surface area contributed by atoms with Gasteiger partial charge in [-0.3, -0.25) is 14.4 Å². The Morgan fingerprint density at radius 1 is 1.12 bits per heavy atom. The van der Waals surface area contributed by atoms with E-state index < -0.39 is 12.1 Å². The number of hydrogen-bond donors (Lipinski definition) is 3. The summed E-state index contributed by atoms with van der Waals surface area (Å²) in [7, 11) is 1.71. The molecule has 0 saturated carbocycles. The Hall–Kier alpha value is -2.41. The number of likely N-dealkylation sites (N-methyl/N-ethyl adjacent to an activating group) is 1. The highest BCUT2D eigenvalue weighted by atomic mass is 16.2. The molecule has 5 atom stereocenters. The van der Waals surface area contributed by atoms with Crippen molar-refractivity contribution in [2.75, 3.05) is 7.05 Å². The van der Waals surface area contributed by atoms with E-state index >= 15 is 0 Å². The minimum Gasteiger partial charge on any atom is -0.347 e. The summed E-state index contributed by atoms with van der Waals surface area (Å²) in [4.78, 5) is 41.0. The van der Waals surface area contributed by atoms with Crippen molar-refractivity contribution in [1.82, 2.24) is 20.9 Å². The molecule has 1 aliphatic heterocycles. The second kappa shape index (κ2) is 10.9. The van der Waals surface area contributed by atoms with Crippen LogP contribution in [0.3, 0.4) is 0 Å². The molecule has 0 aromatic heterocycles. The zero-order valence-corrected chi connectivity index (χ0v) is 19.8. The van der Waals surface area contributed by atoms with E-state index in [0.29, 0.717) is 12.8 Å². The zero-order chi connectivity index (χ0) is 23.3. The number of nitrogens with one attached hydrogen (secondary N) is 3. The Balaban J connectivity index is 1.75. The standard InChI is InChI=1S/C25H38N4O3/c1-5-18-14-15-22(29(18)25(32)20(6-2)27-23(30)16(3)26-4)24(31)28-21-13-9-11-17-10-7-8-12-19(17)21/h7-8,10,12,16,18,20-22,26H,5-6,9,11,13-15H2,1-4H3,(H,27,30)(H,28,31)/t16?,18-,20+,21-,22+/m1/s1. The molecule has 1 aromatic carbocycles. The summed E-state index contributed by atoms with van der Waals surface area (Å²) < 4.78 is 0. The normalized spacial score (nSPS) is 24.4. The van der Waals surface area contributed by atoms with Crippen LogP contribution in [0.15, 0.2) is 24.3 Å². The van der Waals surface area contributed by atoms with Gasteiger partial charge in [0.15, 0.2) is 0 Å². The third-order valence-corrected chi connectivity index (χ3v) is 7.07. The summed E-state index contributed by atoms with van der Waals surface area (Å²) >= 11 is 0. The Bertz CT molecular complexity index is 827. The van der Waals surface area contributed by atoms with Gasteiger partial charge in [0.25, 0.3) is 0 Å². The summed E-state index contributed by atoms with van der Waals surface area (Å²) in [5.74, 6) is -0.446. The van der Waals surface area contributed by atoms with Crippen LogP contribution in [0, 0.1) is 0 Å². The number of aryl methyl sites for hydroxylation is 1. The van der Waals surface area contributed by atoms with Crippen molar-refractivity contribution in [2.45, 2.75) is 95.9 Å². The van der Waals surface area contributed by atoms with Crippen LogP contribution < -0.4 is 16.0 Å². The first-order valence-electron chi connectivity index (χ1n) is 12.1. The highest BCUT2D eigenvalue weighted by Gasteiger charge is 2.43. The molecule has 1 aliphatic carbocycles. The molecule has 1 fully saturated rings. The van der Waals surface area contributed by atoms with E-state index in [-0.39, 0.29) is 35.8 Å². The molecule has 2 aliphatic rings. The van der Waals surface area contributed by atoms with Crippen LogP contribution in [-0.2, 0) is 20.8 Å². The monoisotopic (exact) mass is 442 g/mol. The van der Waals surface area contributed by atoms with Gasteiger partial charge in [-0.1, -0.05) is 38.1 Å². The molecule has 3 amide bonds. The summed E-state index contributed by atoms with van der Waals surface area (Å²) in [6, 6.07) is 6.79. The molecule has 7 heteroatoms. The molecule has 1 saturated heterocycles. The van der Waals surface area contributed by atoms with Crippen LogP contribution >= 0.6 is 0 Å². The van der Waals surface area contributed by atoms with Crippen molar-refractivity contribution in [3.8, 4) is 0 Å². The maximum absolute atomic E-state index is 13.5. The number of likely N-dealkylation sites (tertiary alicyclic amines) is 1. The van der Waals surface area contributed by atoms with Crippen LogP contribution in [0.2, 0.25) is 0 Å². The molecule has 7 nitrogen and oxygen atoms in total. The van der Waals surface area contributed by atoms with E-state index in [9.17, 15) is 14.4 Å². The van der Waals surface area contributed by atoms with E-state index in [1.807, 2.05) is 26.0 Å². The number of amides is 3. The predicted molar refractivity (Wildman–Crippen MR) is 125 cm³/mol. The van der Waals surface area contributed by atoms with E-state index in [2.05, 4.69) is 28.1 Å². The van der Waals surface area contributed by atoms with Gasteiger partial charge >= 0.3 is 0 Å². The number of carbonyl (C=O) groups is 3. The van der Waals surface area contributed by atoms with Crippen LogP contribution in [0.5, 0.6) is 0 Å². The average Bonchev–Trinajstić information content (AvgIpc) is 3.26. The fourth-order valence-electron chi connectivity index (χ4n) is 4.99. The summed E-state index contributed by atoms with van der Waals surface area (Å²) in [5.41, 5.74) is 2.48. The molecule has 176 valence electrons. The Morgan fingerprint density at radius 2 is 1.88 bits per heavy atom. The van der Waals surface area contributed by atoms with Gasteiger partial charge < -0.3 is 20.9 Å². The number of rotatable bonds is 8. The maximum Gasteiger partial charge on any atom is 0.246 e. The lowest BCUT2D eigenvalue weighted by Crippen LogP contribution is -2.57. The van der Waals surface area contributed by atoms with Crippen molar-refractivity contribution < 1.29 is 14.4 Å². The Morgan fingerprint density at radius 3 is 2.56 bits per heavy atom. The van der Waals surface area contributed by atoms with E-state index in [1.165, 1.54) is 11.1 Å². The van der Waals surface area contributed by atoms with Gasteiger partial charge in [0.05, 0.1) is 12.1 Å². The van der Waals surface area contributed by atoms with Gasteiger partial charge in [0.2, 0.25) is 17.7 Å². The lowest BCUT2D eigenvalue weighted by molar-refractivity contribution is -0.143. The van der Waals surface area contributed by atoms with Gasteiger partial charge in [0.1, 0.15) is 12.1 Å². The van der Waals surface area contributed by atoms with E-state index in [4.69, 9.17) is 0 Å². The quantitative estimate of drug-likeness (QED) is 0.577. The van der Waals surface area contributed by atoms with Gasteiger partial charge in [-0.15, -0.1) is 0 Å². The molecular formula is C25H38N4O3. The van der Waals surface area contributed by atoms with Crippen molar-refractivity contribution >= 4 is 17.7 Å². The minimum atomic E-state index is -0.629. The average molecular weight is 443 g/mol. The first-order chi connectivity index (χ1) is 15.4. The summed E-state index contributed by atoms with van der Waals surface area (Å²) in [5, 5.41) is 9.01. The van der Waals surface area contributed by atoms with Gasteiger partial charge in [0, 0.05) is 6.04 Å². The predicted octanol–water partition coefficient (Wildman–Crippen LogP) is 2.45. The molecule has 3 N–H and O–H groups in total. The second-order valence-corrected chi connectivity index (χ2v) is 9.03. The topological polar surface area (TPSA) is 90.5 Å². The van der Waals surface area contributed by atoms with Gasteiger partial charge in [-0.05, 0) is 70.0 Å². The lowest BCUT2D eigenvalue weighted by atomic mass is 9.87. The molecule has 32 heavy (non-hydrogen) atoms. The molecule has 1 unspecified atom stereocenters.